The molecule has 2 rings (SSSR count). The lowest BCUT2D eigenvalue weighted by Crippen LogP contribution is -2.34. The van der Waals surface area contributed by atoms with Crippen molar-refractivity contribution in [1.82, 2.24) is 5.32 Å². The highest BCUT2D eigenvalue weighted by Gasteiger charge is 2.15. The highest BCUT2D eigenvalue weighted by Crippen LogP contribution is 2.25. The third-order valence-corrected chi connectivity index (χ3v) is 3.76. The summed E-state index contributed by atoms with van der Waals surface area (Å²) in [5.74, 6) is -0.0689. The molecule has 18 heavy (non-hydrogen) atoms. The summed E-state index contributed by atoms with van der Waals surface area (Å²) in [5.41, 5.74) is 0.716. The fourth-order valence-electron chi connectivity index (χ4n) is 2.03. The summed E-state index contributed by atoms with van der Waals surface area (Å²) in [5, 5.41) is 15.1. The van der Waals surface area contributed by atoms with Gasteiger partial charge in [-0.3, -0.25) is 4.79 Å². The molecule has 0 saturated heterocycles. The molecule has 1 aromatic heterocycles. The summed E-state index contributed by atoms with van der Waals surface area (Å²) in [6.45, 7) is 3.63. The minimum absolute atomic E-state index is 0.0313. The Balaban J connectivity index is 2.14. The Kier molecular flexibility index (Phi) is 3.99. The van der Waals surface area contributed by atoms with Gasteiger partial charge in [0.05, 0.1) is 11.7 Å². The molecule has 2 unspecified atom stereocenters. The summed E-state index contributed by atoms with van der Waals surface area (Å²) in [4.78, 5) is 12.1. The first-order valence-electron chi connectivity index (χ1n) is 6.03. The van der Waals surface area contributed by atoms with Crippen LogP contribution in [0, 0.1) is 0 Å². The summed E-state index contributed by atoms with van der Waals surface area (Å²) in [6, 6.07) is 7.84. The van der Waals surface area contributed by atoms with Gasteiger partial charge in [-0.05, 0) is 26.3 Å². The molecule has 0 aliphatic rings. The highest BCUT2D eigenvalue weighted by atomic mass is 32.1. The average molecular weight is 263 g/mol. The lowest BCUT2D eigenvalue weighted by Gasteiger charge is -2.15. The van der Waals surface area contributed by atoms with Gasteiger partial charge >= 0.3 is 0 Å². The Morgan fingerprint density at radius 2 is 2.11 bits per heavy atom. The zero-order chi connectivity index (χ0) is 13.1. The van der Waals surface area contributed by atoms with Gasteiger partial charge in [-0.2, -0.15) is 0 Å². The first-order valence-corrected chi connectivity index (χ1v) is 6.91. The van der Waals surface area contributed by atoms with Crippen molar-refractivity contribution in [2.75, 3.05) is 0 Å². The molecule has 0 radical (unpaired) electrons. The van der Waals surface area contributed by atoms with Gasteiger partial charge < -0.3 is 10.4 Å². The van der Waals surface area contributed by atoms with Crippen LogP contribution >= 0.6 is 11.3 Å². The van der Waals surface area contributed by atoms with E-state index in [9.17, 15) is 9.90 Å². The van der Waals surface area contributed by atoms with E-state index in [2.05, 4.69) is 5.32 Å². The average Bonchev–Trinajstić information content (AvgIpc) is 2.71. The van der Waals surface area contributed by atoms with Crippen LogP contribution in [0.3, 0.4) is 0 Å². The van der Waals surface area contributed by atoms with Crippen molar-refractivity contribution in [2.24, 2.45) is 0 Å². The van der Waals surface area contributed by atoms with E-state index in [-0.39, 0.29) is 11.9 Å². The fourth-order valence-corrected chi connectivity index (χ4v) is 2.97. The van der Waals surface area contributed by atoms with E-state index in [4.69, 9.17) is 0 Å². The Bertz CT molecular complexity index is 547. The normalized spacial score (nSPS) is 14.4. The Morgan fingerprint density at radius 3 is 2.83 bits per heavy atom. The molecule has 0 bridgehead atoms. The van der Waals surface area contributed by atoms with Crippen LogP contribution in [0.4, 0.5) is 0 Å². The molecular weight excluding hydrogens is 246 g/mol. The van der Waals surface area contributed by atoms with Gasteiger partial charge in [0, 0.05) is 21.5 Å². The molecule has 0 spiro atoms. The van der Waals surface area contributed by atoms with Crippen molar-refractivity contribution in [1.29, 1.82) is 0 Å². The van der Waals surface area contributed by atoms with Gasteiger partial charge in [0.25, 0.3) is 5.91 Å². The van der Waals surface area contributed by atoms with Gasteiger partial charge in [-0.25, -0.2) is 0 Å². The minimum atomic E-state index is -0.403. The van der Waals surface area contributed by atoms with Gasteiger partial charge in [0.2, 0.25) is 0 Å². The van der Waals surface area contributed by atoms with Crippen LogP contribution in [0.25, 0.3) is 10.1 Å². The summed E-state index contributed by atoms with van der Waals surface area (Å²) in [6.07, 6.45) is 0.160. The van der Waals surface area contributed by atoms with Crippen LogP contribution in [-0.4, -0.2) is 23.2 Å². The molecule has 0 fully saturated rings. The predicted octanol–water partition coefficient (Wildman–Crippen LogP) is 2.79. The number of aliphatic hydroxyl groups is 1. The second-order valence-electron chi connectivity index (χ2n) is 4.60. The number of rotatable bonds is 4. The molecule has 2 atom stereocenters. The standard InChI is InChI=1S/C14H17NO2S/c1-9(7-10(2)16)15-14(17)12-8-18-13-6-4-3-5-11(12)13/h3-6,8-10,16H,7H2,1-2H3,(H,15,17). The maximum absolute atomic E-state index is 12.1. The van der Waals surface area contributed by atoms with E-state index in [1.54, 1.807) is 18.3 Å². The molecule has 3 nitrogen and oxygen atoms in total. The maximum atomic E-state index is 12.1. The Morgan fingerprint density at radius 1 is 1.39 bits per heavy atom. The largest absolute Gasteiger partial charge is 0.393 e. The molecular formula is C14H17NO2S. The molecule has 0 saturated carbocycles. The fraction of sp³-hybridized carbons (Fsp3) is 0.357. The molecule has 96 valence electrons. The summed E-state index contributed by atoms with van der Waals surface area (Å²) >= 11 is 1.57. The van der Waals surface area contributed by atoms with Crippen LogP contribution in [0.1, 0.15) is 30.6 Å². The quantitative estimate of drug-likeness (QED) is 0.891. The van der Waals surface area contributed by atoms with E-state index >= 15 is 0 Å². The van der Waals surface area contributed by atoms with E-state index < -0.39 is 6.10 Å². The van der Waals surface area contributed by atoms with Gasteiger partial charge in [-0.15, -0.1) is 11.3 Å². The van der Waals surface area contributed by atoms with Gasteiger partial charge in [0.15, 0.2) is 0 Å². The second-order valence-corrected chi connectivity index (χ2v) is 5.52. The van der Waals surface area contributed by atoms with Crippen molar-refractivity contribution in [2.45, 2.75) is 32.4 Å². The molecule has 1 heterocycles. The number of hydrogen-bond acceptors (Lipinski definition) is 3. The second kappa shape index (κ2) is 5.50. The molecule has 2 N–H and O–H groups in total. The molecule has 1 aromatic carbocycles. The summed E-state index contributed by atoms with van der Waals surface area (Å²) in [7, 11) is 0. The third kappa shape index (κ3) is 2.89. The number of benzene rings is 1. The van der Waals surface area contributed by atoms with Crippen LogP contribution < -0.4 is 5.32 Å². The smallest absolute Gasteiger partial charge is 0.252 e. The number of nitrogens with one attached hydrogen (secondary N) is 1. The first-order chi connectivity index (χ1) is 8.58. The molecule has 0 aliphatic carbocycles. The van der Waals surface area contributed by atoms with E-state index in [1.807, 2.05) is 36.6 Å². The van der Waals surface area contributed by atoms with E-state index in [0.29, 0.717) is 12.0 Å². The molecule has 2 aromatic rings. The zero-order valence-electron chi connectivity index (χ0n) is 10.5. The van der Waals surface area contributed by atoms with Crippen LogP contribution in [0.2, 0.25) is 0 Å². The SMILES string of the molecule is CC(O)CC(C)NC(=O)c1csc2ccccc12. The first kappa shape index (κ1) is 13.1. The van der Waals surface area contributed by atoms with Crippen molar-refractivity contribution in [3.05, 3.63) is 35.2 Å². The molecule has 1 amide bonds. The number of aliphatic hydroxyl groups excluding tert-OH is 1. The number of amides is 1. The third-order valence-electron chi connectivity index (χ3n) is 2.80. The van der Waals surface area contributed by atoms with Crippen LogP contribution in [0.5, 0.6) is 0 Å². The molecule has 4 heteroatoms. The molecule has 0 aliphatic heterocycles. The minimum Gasteiger partial charge on any atom is -0.393 e. The van der Waals surface area contributed by atoms with Crippen LogP contribution in [0.15, 0.2) is 29.6 Å². The Labute approximate surface area is 110 Å². The number of carbonyl (C=O) groups excluding carboxylic acids is 1. The lowest BCUT2D eigenvalue weighted by atomic mass is 10.1. The topological polar surface area (TPSA) is 49.3 Å². The number of hydrogen-bond donors (Lipinski definition) is 2. The monoisotopic (exact) mass is 263 g/mol. The van der Waals surface area contributed by atoms with Gasteiger partial charge in [-0.1, -0.05) is 18.2 Å². The van der Waals surface area contributed by atoms with Crippen molar-refractivity contribution >= 4 is 27.3 Å². The maximum Gasteiger partial charge on any atom is 0.252 e. The van der Waals surface area contributed by atoms with Crippen molar-refractivity contribution in [3.63, 3.8) is 0 Å². The van der Waals surface area contributed by atoms with Crippen molar-refractivity contribution < 1.29 is 9.90 Å². The van der Waals surface area contributed by atoms with Crippen LogP contribution in [-0.2, 0) is 0 Å². The van der Waals surface area contributed by atoms with Crippen molar-refractivity contribution in [3.8, 4) is 0 Å². The van der Waals surface area contributed by atoms with Gasteiger partial charge in [0.1, 0.15) is 0 Å². The Hall–Kier alpha value is -1.39. The van der Waals surface area contributed by atoms with E-state index in [0.717, 1.165) is 10.1 Å². The summed E-state index contributed by atoms with van der Waals surface area (Å²) < 4.78 is 1.12. The number of carbonyl (C=O) groups is 1. The number of thiophene rings is 1. The number of fused-ring (bicyclic) bond motifs is 1. The highest BCUT2D eigenvalue weighted by molar-refractivity contribution is 7.17. The van der Waals surface area contributed by atoms with E-state index in [1.165, 1.54) is 0 Å². The predicted molar refractivity (Wildman–Crippen MR) is 75.1 cm³/mol. The zero-order valence-corrected chi connectivity index (χ0v) is 11.3. The lowest BCUT2D eigenvalue weighted by molar-refractivity contribution is 0.0925.